The summed E-state index contributed by atoms with van der Waals surface area (Å²) in [5.74, 6) is 4.90. The van der Waals surface area contributed by atoms with E-state index in [2.05, 4.69) is 206 Å². The molecule has 4 unspecified atom stereocenters. The van der Waals surface area contributed by atoms with Crippen molar-refractivity contribution in [1.29, 1.82) is 0 Å². The van der Waals surface area contributed by atoms with Crippen LogP contribution in [0.15, 0.2) is 358 Å². The molecule has 4 bridgehead atoms. The van der Waals surface area contributed by atoms with Gasteiger partial charge in [0.15, 0.2) is 49.8 Å². The summed E-state index contributed by atoms with van der Waals surface area (Å²) in [7, 11) is 0. The van der Waals surface area contributed by atoms with Crippen molar-refractivity contribution >= 4 is 61.5 Å². The maximum Gasteiger partial charge on any atom is 2.00 e. The molecule has 28 rings (SSSR count). The first-order chi connectivity index (χ1) is 67.9. The van der Waals surface area contributed by atoms with Crippen molar-refractivity contribution in [2.75, 3.05) is 4.90 Å². The van der Waals surface area contributed by atoms with Crippen LogP contribution >= 0.6 is 0 Å². The zero-order chi connectivity index (χ0) is 95.0. The number of carbonyl (C=O) groups excluding carboxylic acids is 2. The summed E-state index contributed by atoms with van der Waals surface area (Å²) in [6, 6.07) is 119. The van der Waals surface area contributed by atoms with Gasteiger partial charge in [0.2, 0.25) is 17.1 Å². The molecule has 2 N–H and O–H groups in total. The molecule has 4 atom stereocenters. The molecule has 2 saturated carbocycles. The van der Waals surface area contributed by atoms with Crippen LogP contribution in [0.5, 0.6) is 0 Å². The number of nitrogens with zero attached hydrogens (tertiary/aromatic N) is 10. The summed E-state index contributed by atoms with van der Waals surface area (Å²) >= 11 is 0. The topological polar surface area (TPSA) is 159 Å². The smallest absolute Gasteiger partial charge is 0.512 e. The number of aryl methyl sites for hydroxylation is 4. The van der Waals surface area contributed by atoms with E-state index in [0.717, 1.165) is 122 Å². The molecule has 18 aromatic rings. The second-order valence-electron chi connectivity index (χ2n) is 38.4. The van der Waals surface area contributed by atoms with Crippen LogP contribution in [-0.2, 0) is 124 Å². The van der Waals surface area contributed by atoms with Gasteiger partial charge in [-0.1, -0.05) is 129 Å². The number of aliphatic hydroxyl groups excluding tert-OH is 2. The minimum absolute atomic E-state index is 0. The van der Waals surface area contributed by atoms with Gasteiger partial charge in [-0.05, 0) is 286 Å². The quantitative estimate of drug-likeness (QED) is 0.0616. The molecule has 0 amide bonds. The van der Waals surface area contributed by atoms with Crippen molar-refractivity contribution in [2.45, 2.75) is 162 Å². The average molecular weight is 2400 g/mol. The zero-order valence-electron chi connectivity index (χ0n) is 80.7. The molecule has 11 aromatic carbocycles. The van der Waals surface area contributed by atoms with Crippen LogP contribution in [0.25, 0.3) is 106 Å². The first-order valence-electron chi connectivity index (χ1n) is 49.0. The Labute approximate surface area is 875 Å². The molecule has 142 heavy (non-hydrogen) atoms. The second-order valence-corrected chi connectivity index (χ2v) is 38.4. The predicted molar refractivity (Wildman–Crippen MR) is 555 cm³/mol. The van der Waals surface area contributed by atoms with Crippen molar-refractivity contribution < 1.29 is 95.7 Å². The van der Waals surface area contributed by atoms with E-state index in [9.17, 15) is 9.59 Å². The average Bonchev–Trinajstić information content (AvgIpc) is 1.16. The number of ketones is 2. The van der Waals surface area contributed by atoms with Crippen molar-refractivity contribution in [1.82, 2.24) is 29.9 Å². The first-order valence-corrected chi connectivity index (χ1v) is 49.0. The van der Waals surface area contributed by atoms with Crippen LogP contribution in [0.4, 0.5) is 17.3 Å². The predicted octanol–water partition coefficient (Wildman–Crippen LogP) is 26.8. The van der Waals surface area contributed by atoms with Crippen molar-refractivity contribution in [2.24, 2.45) is 11.3 Å². The minimum atomic E-state index is -0.125. The normalized spacial score (nSPS) is 16.0. The molecule has 715 valence electrons. The third-order valence-corrected chi connectivity index (χ3v) is 28.6. The van der Waals surface area contributed by atoms with Gasteiger partial charge >= 0.3 is 21.1 Å². The Hall–Kier alpha value is -13.5. The number of pyridine rings is 6. The first kappa shape index (κ1) is 100. The number of rotatable bonds is 9. The molecule has 14 nitrogen and oxygen atoms in total. The number of hydrogen-bond acceptors (Lipinski definition) is 10. The molecule has 0 spiro atoms. The number of benzene rings is 11. The number of aromatic nitrogens is 9. The fraction of sp³-hybridized carbons (Fsp3) is 0.216. The van der Waals surface area contributed by atoms with Crippen LogP contribution < -0.4 is 18.6 Å². The van der Waals surface area contributed by atoms with Crippen molar-refractivity contribution in [3.8, 4) is 73.2 Å². The van der Waals surface area contributed by atoms with E-state index < -0.39 is 0 Å². The number of anilines is 3. The maximum atomic E-state index is 10.0. The number of allylic oxidation sites excluding steroid dienone is 4. The standard InChI is InChI=1S/C28H19N3.C23H26N.C21H22N.C16H10N3.C15H10N.C12H10N.2C5H8O2.Ir.2Pt/c1-4-12-22(13-5-1)25-18-10-20-27(29-25)31(24-16-8-3-9-17-24)28-21-11-19-26(30-28)23-14-6-2-7-15-23;1-23(2)18-8-16-10-22-19-9-15-6-4-3-5-14(15)7-17(19)12-24(22)13-20(16)21(23)11-18;1-2-4-14-9-19-17(7-13(14)3-1)11-22-12-20-16-6-5-15(8-16)18(20)10-21(19)22;1-2-8-13-12(6-1)7-5-11-16(13)19-17-14-9-3-4-10-15(14)18-19;1-2-7-13(8-3-1)15-14-9-5-4-6-12(14)10-11-16-15;1-2-6-11-10(5-1)9-13-8-4-3-7-12(11)13;2*1-4(6)3-5(2)7;;;/h1-12,14,16-21H;7,9-10,13,18,21H,3-6,8,11-12H2,1-2H3;7,9-10,12,15-16H,1-6,8,11H2;1-10H;1-7,9-11H;1-8H,9H2;2*3,6H,1-2H3;;;/q-2;2*+1;2*-1;+1;;;;;+2. The maximum absolute atomic E-state index is 10.0. The summed E-state index contributed by atoms with van der Waals surface area (Å²) in [5.41, 5.74) is 36.3. The number of para-hydroxylation sites is 1. The van der Waals surface area contributed by atoms with Crippen LogP contribution in [0.3, 0.4) is 0 Å². The Kier molecular flexibility index (Phi) is 31.8. The number of aliphatic hydroxyl groups is 2. The number of hydrogen-bond donors (Lipinski definition) is 2. The Morgan fingerprint density at radius 1 is 0.437 bits per heavy atom. The number of carbonyl (C=O) groups is 2. The molecule has 1 radical (unpaired) electrons. The summed E-state index contributed by atoms with van der Waals surface area (Å²) in [4.78, 5) is 38.1. The Morgan fingerprint density at radius 2 is 0.937 bits per heavy atom. The van der Waals surface area contributed by atoms with E-state index in [1.54, 1.807) is 60.4 Å². The second kappa shape index (κ2) is 45.2. The largest absolute Gasteiger partial charge is 2.00 e. The van der Waals surface area contributed by atoms with Gasteiger partial charge in [0.25, 0.3) is 0 Å². The SMILES string of the molecule is CC(=O)C=C(C)O.CC(=O)C=C(C)O.CC1(C)C2Cc3cc4[n+](cc3C1C2)Cc1cc2c(cc1-4)CCCC2.[Ir].[Pt+2].[Pt].[c-]1ccc2ccccc2c1-n1nc2ccccc2n1.[c-]1ccccc1-c1cccc(N(c2ccccc2)c2cccc(-c3[c-]cccc3)n2)n1.[c-]1ccccc1-c1nccc2ccccc12.c1c2c(cc3c1C[n+]1cc4c(cc1-3)C1CCC4C1)CCCC2.c1ccc2c(c1)C[n+]1ccccc1-2. The molecular formula is C125H113IrN10O4Pt2+. The van der Waals surface area contributed by atoms with E-state index in [0.29, 0.717) is 5.41 Å². The van der Waals surface area contributed by atoms with Gasteiger partial charge in [0.1, 0.15) is 22.7 Å². The molecule has 7 aromatic heterocycles. The van der Waals surface area contributed by atoms with Gasteiger partial charge in [-0.25, -0.2) is 0 Å². The van der Waals surface area contributed by atoms with Gasteiger partial charge < -0.3 is 15.2 Å². The fourth-order valence-corrected chi connectivity index (χ4v) is 21.8. The third-order valence-electron chi connectivity index (χ3n) is 28.6. The molecule has 7 aliphatic carbocycles. The van der Waals surface area contributed by atoms with E-state index in [1.807, 2.05) is 200 Å². The molecule has 0 saturated heterocycles. The summed E-state index contributed by atoms with van der Waals surface area (Å²) in [6.07, 6.45) is 29.0. The third kappa shape index (κ3) is 22.1. The van der Waals surface area contributed by atoms with Gasteiger partial charge in [-0.3, -0.25) is 24.5 Å². The van der Waals surface area contributed by atoms with Gasteiger partial charge in [0, 0.05) is 117 Å². The summed E-state index contributed by atoms with van der Waals surface area (Å²) < 4.78 is 7.37. The van der Waals surface area contributed by atoms with E-state index in [-0.39, 0.29) is 85.3 Å². The summed E-state index contributed by atoms with van der Waals surface area (Å²) in [5, 5.41) is 30.4. The fourth-order valence-electron chi connectivity index (χ4n) is 21.8. The van der Waals surface area contributed by atoms with Crippen molar-refractivity contribution in [3.63, 3.8) is 0 Å². The van der Waals surface area contributed by atoms with Crippen LogP contribution in [0.1, 0.15) is 172 Å². The van der Waals surface area contributed by atoms with Gasteiger partial charge in [0.05, 0.1) is 28.2 Å². The zero-order valence-corrected chi connectivity index (χ0v) is 87.6. The van der Waals surface area contributed by atoms with E-state index in [1.165, 1.54) is 173 Å². The molecule has 3 aliphatic heterocycles. The van der Waals surface area contributed by atoms with E-state index in [4.69, 9.17) is 20.2 Å². The van der Waals surface area contributed by atoms with Crippen molar-refractivity contribution in [3.05, 3.63) is 443 Å². The monoisotopic (exact) mass is 2400 g/mol. The summed E-state index contributed by atoms with van der Waals surface area (Å²) in [6.45, 7) is 13.9. The Morgan fingerprint density at radius 3 is 1.50 bits per heavy atom. The van der Waals surface area contributed by atoms with Crippen LogP contribution in [-0.4, -0.2) is 51.7 Å². The molecule has 10 heterocycles. The Bertz CT molecular complexity index is 7480. The molecule has 2 fully saturated rings. The van der Waals surface area contributed by atoms with Crippen LogP contribution in [0.2, 0.25) is 0 Å². The Balaban J connectivity index is 0.000000115. The van der Waals surface area contributed by atoms with Gasteiger partial charge in [-0.15, -0.1) is 125 Å². The molecule has 10 aliphatic rings. The van der Waals surface area contributed by atoms with E-state index >= 15 is 0 Å². The van der Waals surface area contributed by atoms with Gasteiger partial charge in [-0.2, -0.15) is 46.9 Å². The number of fused-ring (bicyclic) bond motifs is 19. The minimum Gasteiger partial charge on any atom is -0.512 e. The molecule has 17 heteroatoms. The van der Waals surface area contributed by atoms with Crippen LogP contribution in [0, 0.1) is 35.6 Å². The molecular weight excluding hydrogens is 2290 g/mol.